The standard InChI is InChI=1S/C20H23ClN2O3S2/c1-14-17(21)7-6-8-18(14)22-28(25,26)15-9-10-19(27-2)16(13-15)20(24)23-11-4-3-5-12-23/h6-10,13,22H,3-5,11-12H2,1-2H3. The van der Waals surface area contributed by atoms with Crippen LogP contribution in [0.5, 0.6) is 0 Å². The maximum atomic E-state index is 13.0. The summed E-state index contributed by atoms with van der Waals surface area (Å²) < 4.78 is 28.4. The number of halogens is 1. The highest BCUT2D eigenvalue weighted by Crippen LogP contribution is 2.29. The summed E-state index contributed by atoms with van der Waals surface area (Å²) in [5, 5.41) is 0.485. The topological polar surface area (TPSA) is 66.5 Å². The minimum absolute atomic E-state index is 0.0602. The molecule has 0 radical (unpaired) electrons. The molecule has 150 valence electrons. The van der Waals surface area contributed by atoms with E-state index < -0.39 is 10.0 Å². The zero-order valence-electron chi connectivity index (χ0n) is 15.9. The number of nitrogens with zero attached hydrogens (tertiary/aromatic N) is 1. The molecule has 3 rings (SSSR count). The molecule has 1 saturated heterocycles. The van der Waals surface area contributed by atoms with Crippen molar-refractivity contribution < 1.29 is 13.2 Å². The van der Waals surface area contributed by atoms with Gasteiger partial charge < -0.3 is 4.90 Å². The Morgan fingerprint density at radius 3 is 2.54 bits per heavy atom. The number of sulfonamides is 1. The summed E-state index contributed by atoms with van der Waals surface area (Å²) in [5.74, 6) is -0.111. The first-order chi connectivity index (χ1) is 13.3. The van der Waals surface area contributed by atoms with E-state index >= 15 is 0 Å². The average Bonchev–Trinajstić information content (AvgIpc) is 2.71. The average molecular weight is 439 g/mol. The Labute approximate surface area is 175 Å². The Kier molecular flexibility index (Phi) is 6.58. The maximum Gasteiger partial charge on any atom is 0.261 e. The molecule has 0 aromatic heterocycles. The highest BCUT2D eigenvalue weighted by molar-refractivity contribution is 7.98. The third kappa shape index (κ3) is 4.47. The fourth-order valence-electron chi connectivity index (χ4n) is 3.21. The number of anilines is 1. The molecule has 5 nitrogen and oxygen atoms in total. The minimum atomic E-state index is -3.85. The first-order valence-electron chi connectivity index (χ1n) is 9.09. The number of rotatable bonds is 5. The number of carbonyl (C=O) groups excluding carboxylic acids is 1. The third-order valence-electron chi connectivity index (χ3n) is 4.87. The molecule has 1 aliphatic rings. The SMILES string of the molecule is CSc1ccc(S(=O)(=O)Nc2cccc(Cl)c2C)cc1C(=O)N1CCCCC1. The van der Waals surface area contributed by atoms with E-state index in [9.17, 15) is 13.2 Å². The number of hydrogen-bond donors (Lipinski definition) is 1. The van der Waals surface area contributed by atoms with Crippen LogP contribution in [0.25, 0.3) is 0 Å². The van der Waals surface area contributed by atoms with E-state index in [-0.39, 0.29) is 10.8 Å². The van der Waals surface area contributed by atoms with Crippen molar-refractivity contribution in [1.82, 2.24) is 4.90 Å². The summed E-state index contributed by atoms with van der Waals surface area (Å²) >= 11 is 7.53. The number of likely N-dealkylation sites (tertiary alicyclic amines) is 1. The summed E-state index contributed by atoms with van der Waals surface area (Å²) in [6.07, 6.45) is 4.96. The van der Waals surface area contributed by atoms with Crippen LogP contribution in [-0.4, -0.2) is 38.6 Å². The Bertz CT molecular complexity index is 987. The van der Waals surface area contributed by atoms with E-state index in [4.69, 9.17) is 11.6 Å². The Hall–Kier alpha value is -1.70. The molecule has 1 heterocycles. The zero-order valence-corrected chi connectivity index (χ0v) is 18.3. The lowest BCUT2D eigenvalue weighted by molar-refractivity contribution is 0.0720. The van der Waals surface area contributed by atoms with Gasteiger partial charge in [0.05, 0.1) is 16.1 Å². The normalized spacial score (nSPS) is 14.8. The molecule has 1 amide bonds. The van der Waals surface area contributed by atoms with Gasteiger partial charge in [-0.1, -0.05) is 17.7 Å². The van der Waals surface area contributed by atoms with Crippen LogP contribution in [0.3, 0.4) is 0 Å². The van der Waals surface area contributed by atoms with E-state index in [0.29, 0.717) is 34.9 Å². The predicted molar refractivity (Wildman–Crippen MR) is 115 cm³/mol. The Morgan fingerprint density at radius 2 is 1.86 bits per heavy atom. The van der Waals surface area contributed by atoms with E-state index in [1.807, 2.05) is 11.2 Å². The van der Waals surface area contributed by atoms with Crippen LogP contribution in [0.2, 0.25) is 5.02 Å². The molecule has 0 spiro atoms. The van der Waals surface area contributed by atoms with Crippen molar-refractivity contribution >= 4 is 45.0 Å². The summed E-state index contributed by atoms with van der Waals surface area (Å²) in [6, 6.07) is 9.76. The fraction of sp³-hybridized carbons (Fsp3) is 0.350. The Balaban J connectivity index is 1.95. The van der Waals surface area contributed by atoms with Crippen LogP contribution < -0.4 is 4.72 Å². The number of carbonyl (C=O) groups is 1. The lowest BCUT2D eigenvalue weighted by Gasteiger charge is -2.27. The van der Waals surface area contributed by atoms with Crippen molar-refractivity contribution in [2.45, 2.75) is 36.0 Å². The van der Waals surface area contributed by atoms with Crippen molar-refractivity contribution in [3.05, 3.63) is 52.5 Å². The first kappa shape index (κ1) is 21.0. The summed E-state index contributed by atoms with van der Waals surface area (Å²) in [6.45, 7) is 3.18. The van der Waals surface area contributed by atoms with Crippen molar-refractivity contribution in [2.24, 2.45) is 0 Å². The molecule has 0 saturated carbocycles. The van der Waals surface area contributed by atoms with Crippen LogP contribution >= 0.6 is 23.4 Å². The quantitative estimate of drug-likeness (QED) is 0.681. The van der Waals surface area contributed by atoms with Crippen molar-refractivity contribution in [1.29, 1.82) is 0 Å². The molecule has 1 N–H and O–H groups in total. The second kappa shape index (κ2) is 8.76. The Morgan fingerprint density at radius 1 is 1.14 bits per heavy atom. The van der Waals surface area contributed by atoms with E-state index in [1.165, 1.54) is 23.9 Å². The van der Waals surface area contributed by atoms with Crippen LogP contribution in [-0.2, 0) is 10.0 Å². The van der Waals surface area contributed by atoms with Gasteiger partial charge in [-0.25, -0.2) is 8.42 Å². The molecule has 0 bridgehead atoms. The van der Waals surface area contributed by atoms with E-state index in [1.54, 1.807) is 31.2 Å². The predicted octanol–water partition coefficient (Wildman–Crippen LogP) is 4.80. The minimum Gasteiger partial charge on any atom is -0.339 e. The van der Waals surface area contributed by atoms with Gasteiger partial charge >= 0.3 is 0 Å². The molecule has 0 atom stereocenters. The fourth-order valence-corrected chi connectivity index (χ4v) is 5.10. The number of hydrogen-bond acceptors (Lipinski definition) is 4. The lowest BCUT2D eigenvalue weighted by atomic mass is 10.1. The molecule has 8 heteroatoms. The van der Waals surface area contributed by atoms with Gasteiger partial charge in [-0.3, -0.25) is 9.52 Å². The van der Waals surface area contributed by atoms with Crippen molar-refractivity contribution in [3.8, 4) is 0 Å². The lowest BCUT2D eigenvalue weighted by Crippen LogP contribution is -2.36. The molecule has 2 aromatic rings. The van der Waals surface area contributed by atoms with Gasteiger partial charge in [0, 0.05) is 23.0 Å². The zero-order chi connectivity index (χ0) is 20.3. The van der Waals surface area contributed by atoms with Crippen LogP contribution in [0.15, 0.2) is 46.2 Å². The number of amides is 1. The smallest absolute Gasteiger partial charge is 0.261 e. The molecule has 0 unspecified atom stereocenters. The molecule has 2 aromatic carbocycles. The number of piperidine rings is 1. The molecule has 28 heavy (non-hydrogen) atoms. The van der Waals surface area contributed by atoms with E-state index in [0.717, 1.165) is 24.2 Å². The number of benzene rings is 2. The van der Waals surface area contributed by atoms with Gasteiger partial charge in [0.1, 0.15) is 0 Å². The van der Waals surface area contributed by atoms with Gasteiger partial charge in [0.25, 0.3) is 15.9 Å². The van der Waals surface area contributed by atoms with Crippen molar-refractivity contribution in [3.63, 3.8) is 0 Å². The molecular weight excluding hydrogens is 416 g/mol. The van der Waals surface area contributed by atoms with Crippen LogP contribution in [0, 0.1) is 6.92 Å². The van der Waals surface area contributed by atoms with Gasteiger partial charge in [-0.15, -0.1) is 11.8 Å². The van der Waals surface area contributed by atoms with Crippen molar-refractivity contribution in [2.75, 3.05) is 24.1 Å². The van der Waals surface area contributed by atoms with Gasteiger partial charge in [-0.05, 0) is 68.3 Å². The summed E-state index contributed by atoms with van der Waals surface area (Å²) in [7, 11) is -3.85. The summed E-state index contributed by atoms with van der Waals surface area (Å²) in [5.41, 5.74) is 1.50. The van der Waals surface area contributed by atoms with E-state index in [2.05, 4.69) is 4.72 Å². The number of nitrogens with one attached hydrogen (secondary N) is 1. The van der Waals surface area contributed by atoms with Crippen LogP contribution in [0.4, 0.5) is 5.69 Å². The first-order valence-corrected chi connectivity index (χ1v) is 12.2. The van der Waals surface area contributed by atoms with Crippen LogP contribution in [0.1, 0.15) is 35.2 Å². The highest BCUT2D eigenvalue weighted by Gasteiger charge is 2.24. The third-order valence-corrected chi connectivity index (χ3v) is 7.44. The molecular formula is C20H23ClN2O3S2. The van der Waals surface area contributed by atoms with Gasteiger partial charge in [0.2, 0.25) is 0 Å². The molecule has 1 aliphatic heterocycles. The maximum absolute atomic E-state index is 13.0. The second-order valence-corrected chi connectivity index (χ2v) is 9.67. The second-order valence-electron chi connectivity index (χ2n) is 6.73. The molecule has 0 aliphatic carbocycles. The number of thioether (sulfide) groups is 1. The highest BCUT2D eigenvalue weighted by atomic mass is 35.5. The van der Waals surface area contributed by atoms with Gasteiger partial charge in [0.15, 0.2) is 0 Å². The monoisotopic (exact) mass is 438 g/mol. The summed E-state index contributed by atoms with van der Waals surface area (Å²) in [4.78, 5) is 15.6. The largest absolute Gasteiger partial charge is 0.339 e. The van der Waals surface area contributed by atoms with Gasteiger partial charge in [-0.2, -0.15) is 0 Å². The molecule has 1 fully saturated rings.